The second-order valence-electron chi connectivity index (χ2n) is 7.92. The van der Waals surface area contributed by atoms with Gasteiger partial charge in [0.15, 0.2) is 11.8 Å². The highest BCUT2D eigenvalue weighted by atomic mass is 16.5. The number of nitrogens with one attached hydrogen (secondary N) is 1. The lowest BCUT2D eigenvalue weighted by Crippen LogP contribution is -2.46. The van der Waals surface area contributed by atoms with Crippen molar-refractivity contribution in [2.24, 2.45) is 0 Å². The van der Waals surface area contributed by atoms with Crippen LogP contribution in [0.4, 0.5) is 0 Å². The molecule has 0 aliphatic carbocycles. The number of aromatic nitrogens is 2. The average Bonchev–Trinajstić information content (AvgIpc) is 2.62. The topological polar surface area (TPSA) is 90.3 Å². The van der Waals surface area contributed by atoms with Gasteiger partial charge in [-0.05, 0) is 40.2 Å². The molecule has 2 rings (SSSR count). The van der Waals surface area contributed by atoms with Crippen molar-refractivity contribution < 1.29 is 14.3 Å². The van der Waals surface area contributed by atoms with Gasteiger partial charge < -0.3 is 10.1 Å². The summed E-state index contributed by atoms with van der Waals surface area (Å²) in [7, 11) is 0. The van der Waals surface area contributed by atoms with Crippen LogP contribution in [0.3, 0.4) is 0 Å². The molecule has 0 radical (unpaired) electrons. The molecule has 0 spiro atoms. The van der Waals surface area contributed by atoms with Gasteiger partial charge in [0.05, 0.1) is 5.39 Å². The van der Waals surface area contributed by atoms with Crippen molar-refractivity contribution >= 4 is 22.6 Å². The zero-order valence-corrected chi connectivity index (χ0v) is 17.2. The molecule has 1 aromatic carbocycles. The van der Waals surface area contributed by atoms with Crippen LogP contribution in [-0.2, 0) is 16.1 Å². The number of esters is 1. The Kier molecular flexibility index (Phi) is 6.94. The van der Waals surface area contributed by atoms with Gasteiger partial charge in [-0.2, -0.15) is 5.10 Å². The lowest BCUT2D eigenvalue weighted by atomic mass is 10.1. The van der Waals surface area contributed by atoms with Gasteiger partial charge in [-0.1, -0.05) is 38.0 Å². The fraction of sp³-hybridized carbons (Fsp3) is 0.524. The first kappa shape index (κ1) is 21.6. The molecule has 0 saturated carbocycles. The summed E-state index contributed by atoms with van der Waals surface area (Å²) in [6.07, 6.45) is 1.79. The molecule has 152 valence electrons. The maximum Gasteiger partial charge on any atom is 0.360 e. The van der Waals surface area contributed by atoms with E-state index >= 15 is 0 Å². The highest BCUT2D eigenvalue weighted by molar-refractivity contribution is 6.02. The Labute approximate surface area is 165 Å². The van der Waals surface area contributed by atoms with Gasteiger partial charge in [0, 0.05) is 17.5 Å². The van der Waals surface area contributed by atoms with Crippen molar-refractivity contribution in [2.45, 2.75) is 72.1 Å². The molecule has 0 aliphatic heterocycles. The van der Waals surface area contributed by atoms with E-state index in [4.69, 9.17) is 4.74 Å². The summed E-state index contributed by atoms with van der Waals surface area (Å²) in [5.41, 5.74) is -0.626. The third kappa shape index (κ3) is 5.41. The van der Waals surface area contributed by atoms with Gasteiger partial charge in [-0.25, -0.2) is 9.48 Å². The van der Waals surface area contributed by atoms with Crippen molar-refractivity contribution in [3.63, 3.8) is 0 Å². The first-order valence-corrected chi connectivity index (χ1v) is 9.67. The molecule has 1 amide bonds. The molecular formula is C21H29N3O4. The van der Waals surface area contributed by atoms with E-state index in [1.165, 1.54) is 11.6 Å². The minimum Gasteiger partial charge on any atom is -0.448 e. The first-order chi connectivity index (χ1) is 13.1. The molecule has 7 nitrogen and oxygen atoms in total. The summed E-state index contributed by atoms with van der Waals surface area (Å²) in [5.74, 6) is -1.11. The second kappa shape index (κ2) is 8.99. The van der Waals surface area contributed by atoms with Gasteiger partial charge in [0.2, 0.25) is 0 Å². The lowest BCUT2D eigenvalue weighted by molar-refractivity contribution is -0.130. The summed E-state index contributed by atoms with van der Waals surface area (Å²) in [4.78, 5) is 37.6. The zero-order chi connectivity index (χ0) is 20.9. The number of rotatable bonds is 7. The van der Waals surface area contributed by atoms with E-state index in [1.807, 2.05) is 20.8 Å². The van der Waals surface area contributed by atoms with Crippen molar-refractivity contribution in [1.82, 2.24) is 15.1 Å². The SMILES string of the molecule is CCCCCn1nc(C(=O)O[C@H](C)C(=O)NC(C)(C)C)c2ccccc2c1=O. The van der Waals surface area contributed by atoms with E-state index in [2.05, 4.69) is 17.3 Å². The van der Waals surface area contributed by atoms with Crippen LogP contribution in [0.1, 0.15) is 64.4 Å². The molecule has 28 heavy (non-hydrogen) atoms. The van der Waals surface area contributed by atoms with Gasteiger partial charge in [-0.3, -0.25) is 9.59 Å². The molecule has 1 atom stereocenters. The largest absolute Gasteiger partial charge is 0.448 e. The number of unbranched alkanes of at least 4 members (excludes halogenated alkanes) is 2. The quantitative estimate of drug-likeness (QED) is 0.582. The maximum absolute atomic E-state index is 12.8. The minimum atomic E-state index is -0.979. The number of nitrogens with zero attached hydrogens (tertiary/aromatic N) is 2. The summed E-state index contributed by atoms with van der Waals surface area (Å²) in [6.45, 7) is 9.56. The first-order valence-electron chi connectivity index (χ1n) is 9.67. The Morgan fingerprint density at radius 3 is 2.43 bits per heavy atom. The molecule has 1 aromatic heterocycles. The molecule has 1 heterocycles. The number of ether oxygens (including phenoxy) is 1. The number of benzene rings is 1. The fourth-order valence-corrected chi connectivity index (χ4v) is 2.79. The number of fused-ring (bicyclic) bond motifs is 1. The average molecular weight is 387 g/mol. The third-order valence-electron chi connectivity index (χ3n) is 4.19. The van der Waals surface area contributed by atoms with Crippen molar-refractivity contribution in [3.05, 3.63) is 40.3 Å². The normalized spacial score (nSPS) is 12.6. The Bertz CT molecular complexity index is 912. The number of amides is 1. The van der Waals surface area contributed by atoms with Gasteiger partial charge in [0.1, 0.15) is 0 Å². The Morgan fingerprint density at radius 1 is 1.18 bits per heavy atom. The molecule has 0 bridgehead atoms. The molecular weight excluding hydrogens is 358 g/mol. The predicted octanol–water partition coefficient (Wildman–Crippen LogP) is 3.05. The van der Waals surface area contributed by atoms with Crippen LogP contribution in [0.15, 0.2) is 29.1 Å². The zero-order valence-electron chi connectivity index (χ0n) is 17.2. The molecule has 1 N–H and O–H groups in total. The summed E-state index contributed by atoms with van der Waals surface area (Å²) < 4.78 is 6.66. The smallest absolute Gasteiger partial charge is 0.360 e. The van der Waals surface area contributed by atoms with Gasteiger partial charge >= 0.3 is 5.97 Å². The van der Waals surface area contributed by atoms with E-state index in [0.29, 0.717) is 17.3 Å². The molecule has 0 fully saturated rings. The monoisotopic (exact) mass is 387 g/mol. The molecule has 0 saturated heterocycles. The second-order valence-corrected chi connectivity index (χ2v) is 7.92. The summed E-state index contributed by atoms with van der Waals surface area (Å²) >= 11 is 0. The van der Waals surface area contributed by atoms with Crippen LogP contribution in [0.5, 0.6) is 0 Å². The standard InChI is InChI=1S/C21H29N3O4/c1-6-7-10-13-24-19(26)16-12-9-8-11-15(16)17(23-24)20(27)28-14(2)18(25)22-21(3,4)5/h8-9,11-12,14H,6-7,10,13H2,1-5H3,(H,22,25)/t14-/m1/s1. The van der Waals surface area contributed by atoms with E-state index < -0.39 is 17.6 Å². The van der Waals surface area contributed by atoms with E-state index in [0.717, 1.165) is 19.3 Å². The summed E-state index contributed by atoms with van der Waals surface area (Å²) in [6, 6.07) is 6.81. The third-order valence-corrected chi connectivity index (χ3v) is 4.19. The Hall–Kier alpha value is -2.70. The van der Waals surface area contributed by atoms with Gasteiger partial charge in [-0.15, -0.1) is 0 Å². The number of hydrogen-bond donors (Lipinski definition) is 1. The van der Waals surface area contributed by atoms with Crippen molar-refractivity contribution in [3.8, 4) is 0 Å². The predicted molar refractivity (Wildman–Crippen MR) is 108 cm³/mol. The summed E-state index contributed by atoms with van der Waals surface area (Å²) in [5, 5.41) is 7.87. The van der Waals surface area contributed by atoms with E-state index in [1.54, 1.807) is 24.3 Å². The van der Waals surface area contributed by atoms with Gasteiger partial charge in [0.25, 0.3) is 11.5 Å². The van der Waals surface area contributed by atoms with Crippen molar-refractivity contribution in [1.29, 1.82) is 0 Å². The highest BCUT2D eigenvalue weighted by Gasteiger charge is 2.25. The van der Waals surface area contributed by atoms with E-state index in [-0.39, 0.29) is 17.2 Å². The number of hydrogen-bond acceptors (Lipinski definition) is 5. The molecule has 2 aromatic rings. The number of aryl methyl sites for hydroxylation is 1. The number of carbonyl (C=O) groups excluding carboxylic acids is 2. The minimum absolute atomic E-state index is 0.0436. The molecule has 0 aliphatic rings. The Morgan fingerprint density at radius 2 is 1.82 bits per heavy atom. The molecule has 0 unspecified atom stereocenters. The van der Waals surface area contributed by atoms with Crippen LogP contribution >= 0.6 is 0 Å². The number of carbonyl (C=O) groups is 2. The Balaban J connectivity index is 2.34. The van der Waals surface area contributed by atoms with Crippen LogP contribution in [0, 0.1) is 0 Å². The fourth-order valence-electron chi connectivity index (χ4n) is 2.79. The van der Waals surface area contributed by atoms with Crippen LogP contribution < -0.4 is 10.9 Å². The maximum atomic E-state index is 12.8. The van der Waals surface area contributed by atoms with Crippen LogP contribution in [0.25, 0.3) is 10.8 Å². The highest BCUT2D eigenvalue weighted by Crippen LogP contribution is 2.15. The van der Waals surface area contributed by atoms with Crippen LogP contribution in [-0.4, -0.2) is 33.3 Å². The van der Waals surface area contributed by atoms with Crippen LogP contribution in [0.2, 0.25) is 0 Å². The molecule has 7 heteroatoms. The lowest BCUT2D eigenvalue weighted by Gasteiger charge is -2.23. The van der Waals surface area contributed by atoms with Crippen molar-refractivity contribution in [2.75, 3.05) is 0 Å². The van der Waals surface area contributed by atoms with E-state index in [9.17, 15) is 14.4 Å².